The van der Waals surface area contributed by atoms with Crippen LogP contribution in [0.5, 0.6) is 0 Å². The second-order valence-electron chi connectivity index (χ2n) is 6.95. The number of aliphatic hydroxyl groups is 2. The van der Waals surface area contributed by atoms with Crippen molar-refractivity contribution in [2.45, 2.75) is 6.04 Å². The van der Waals surface area contributed by atoms with Gasteiger partial charge in [-0.25, -0.2) is 13.8 Å². The Kier molecular flexibility index (Phi) is 6.13. The van der Waals surface area contributed by atoms with Crippen molar-refractivity contribution >= 4 is 28.6 Å². The van der Waals surface area contributed by atoms with Crippen LogP contribution in [0, 0.1) is 11.6 Å². The molecule has 7 nitrogen and oxygen atoms in total. The van der Waals surface area contributed by atoms with Crippen molar-refractivity contribution in [1.82, 2.24) is 14.5 Å². The highest BCUT2D eigenvalue weighted by Crippen LogP contribution is 2.33. The lowest BCUT2D eigenvalue weighted by atomic mass is 10.1. The molecule has 2 heterocycles. The Bertz CT molecular complexity index is 1340. The molecule has 0 saturated heterocycles. The Morgan fingerprint density at radius 1 is 0.969 bits per heavy atom. The lowest BCUT2D eigenvalue weighted by Gasteiger charge is -2.17. The molecule has 0 aliphatic heterocycles. The third-order valence-corrected chi connectivity index (χ3v) is 5.11. The molecule has 4 aromatic rings. The Morgan fingerprint density at radius 2 is 1.66 bits per heavy atom. The van der Waals surface area contributed by atoms with E-state index in [1.165, 1.54) is 53.1 Å². The van der Waals surface area contributed by atoms with Crippen LogP contribution in [0.15, 0.2) is 59.4 Å². The van der Waals surface area contributed by atoms with E-state index in [4.69, 9.17) is 11.6 Å². The maximum Gasteiger partial charge on any atom is 0.256 e. The van der Waals surface area contributed by atoms with Crippen LogP contribution >= 0.6 is 11.6 Å². The number of halogens is 3. The molecule has 2 aromatic heterocycles. The van der Waals surface area contributed by atoms with E-state index >= 15 is 0 Å². The quantitative estimate of drug-likeness (QED) is 0.410. The number of hydrogen-bond donors (Lipinski definition) is 3. The molecular weight excluding hydrogens is 442 g/mol. The first-order valence-electron chi connectivity index (χ1n) is 9.54. The minimum absolute atomic E-state index is 0.00227. The monoisotopic (exact) mass is 458 g/mol. The van der Waals surface area contributed by atoms with Crippen LogP contribution in [0.4, 0.5) is 14.7 Å². The molecule has 0 amide bonds. The number of pyridine rings is 1. The van der Waals surface area contributed by atoms with Crippen LogP contribution in [0.2, 0.25) is 5.02 Å². The van der Waals surface area contributed by atoms with Gasteiger partial charge in [0.2, 0.25) is 5.95 Å². The summed E-state index contributed by atoms with van der Waals surface area (Å²) in [5.41, 5.74) is 0.798. The van der Waals surface area contributed by atoms with Crippen molar-refractivity contribution in [3.8, 4) is 16.9 Å². The summed E-state index contributed by atoms with van der Waals surface area (Å²) in [6.45, 7) is -0.797. The molecule has 0 radical (unpaired) electrons. The second kappa shape index (κ2) is 8.99. The first kappa shape index (κ1) is 21.8. The van der Waals surface area contributed by atoms with Gasteiger partial charge in [-0.3, -0.25) is 9.36 Å². The number of nitrogens with one attached hydrogen (secondary N) is 1. The fraction of sp³-hybridized carbons (Fsp3) is 0.136. The summed E-state index contributed by atoms with van der Waals surface area (Å²) in [7, 11) is 0. The summed E-state index contributed by atoms with van der Waals surface area (Å²) in [6, 6.07) is 11.2. The van der Waals surface area contributed by atoms with Gasteiger partial charge in [-0.2, -0.15) is 4.98 Å². The first-order chi connectivity index (χ1) is 15.4. The van der Waals surface area contributed by atoms with Gasteiger partial charge in [0.1, 0.15) is 11.6 Å². The summed E-state index contributed by atoms with van der Waals surface area (Å²) in [4.78, 5) is 21.6. The lowest BCUT2D eigenvalue weighted by Crippen LogP contribution is -2.29. The number of hydrogen-bond acceptors (Lipinski definition) is 6. The zero-order valence-electron chi connectivity index (χ0n) is 16.5. The van der Waals surface area contributed by atoms with E-state index in [-0.39, 0.29) is 16.6 Å². The summed E-state index contributed by atoms with van der Waals surface area (Å²) in [6.07, 6.45) is 0. The number of aromatic nitrogens is 3. The largest absolute Gasteiger partial charge is 0.394 e. The van der Waals surface area contributed by atoms with Crippen LogP contribution in [0.1, 0.15) is 0 Å². The van der Waals surface area contributed by atoms with Gasteiger partial charge in [-0.15, -0.1) is 0 Å². The molecule has 0 bridgehead atoms. The molecular formula is C22H17ClF2N4O3. The molecule has 0 unspecified atom stereocenters. The predicted molar refractivity (Wildman–Crippen MR) is 117 cm³/mol. The fourth-order valence-electron chi connectivity index (χ4n) is 3.24. The highest BCUT2D eigenvalue weighted by molar-refractivity contribution is 6.33. The van der Waals surface area contributed by atoms with Crippen molar-refractivity contribution in [2.24, 2.45) is 0 Å². The van der Waals surface area contributed by atoms with E-state index in [1.807, 2.05) is 0 Å². The number of aliphatic hydroxyl groups excluding tert-OH is 2. The van der Waals surface area contributed by atoms with E-state index in [1.54, 1.807) is 0 Å². The third kappa shape index (κ3) is 4.18. The Morgan fingerprint density at radius 3 is 2.31 bits per heavy atom. The normalized spacial score (nSPS) is 11.3. The van der Waals surface area contributed by atoms with Gasteiger partial charge in [0.15, 0.2) is 5.65 Å². The molecule has 3 N–H and O–H groups in total. The van der Waals surface area contributed by atoms with Gasteiger partial charge in [0.25, 0.3) is 5.56 Å². The van der Waals surface area contributed by atoms with Crippen LogP contribution in [-0.4, -0.2) is 44.0 Å². The standard InChI is InChI=1S/C22H17ClF2N4O3/c23-18-9-13(25)3-6-16(18)20-17-7-8-19(32)29(15-4-1-12(24)2-5-15)21(17)28-22(27-20)26-14(10-30)11-31/h1-9,14,30-31H,10-11H2,(H,26,27,28). The van der Waals surface area contributed by atoms with E-state index in [0.717, 1.165) is 6.07 Å². The highest BCUT2D eigenvalue weighted by atomic mass is 35.5. The van der Waals surface area contributed by atoms with E-state index in [9.17, 15) is 23.8 Å². The minimum Gasteiger partial charge on any atom is -0.394 e. The molecule has 0 fully saturated rings. The van der Waals surface area contributed by atoms with Gasteiger partial charge < -0.3 is 15.5 Å². The van der Waals surface area contributed by atoms with E-state index in [2.05, 4.69) is 15.3 Å². The van der Waals surface area contributed by atoms with Gasteiger partial charge >= 0.3 is 0 Å². The summed E-state index contributed by atoms with van der Waals surface area (Å²) in [5, 5.41) is 22.2. The maximum absolute atomic E-state index is 13.6. The molecule has 10 heteroatoms. The van der Waals surface area contributed by atoms with Gasteiger partial charge in [0.05, 0.1) is 35.7 Å². The average molecular weight is 459 g/mol. The Hall–Kier alpha value is -3.40. The number of nitrogens with zero attached hydrogens (tertiary/aromatic N) is 3. The highest BCUT2D eigenvalue weighted by Gasteiger charge is 2.18. The van der Waals surface area contributed by atoms with Crippen molar-refractivity contribution < 1.29 is 19.0 Å². The van der Waals surface area contributed by atoms with E-state index in [0.29, 0.717) is 22.3 Å². The molecule has 32 heavy (non-hydrogen) atoms. The predicted octanol–water partition coefficient (Wildman–Crippen LogP) is 3.14. The molecule has 0 saturated carbocycles. The van der Waals surface area contributed by atoms with Crippen molar-refractivity contribution in [1.29, 1.82) is 0 Å². The van der Waals surface area contributed by atoms with Crippen LogP contribution in [0.25, 0.3) is 28.0 Å². The van der Waals surface area contributed by atoms with Crippen LogP contribution in [-0.2, 0) is 0 Å². The zero-order valence-corrected chi connectivity index (χ0v) is 17.2. The molecule has 2 aromatic carbocycles. The molecule has 0 aliphatic carbocycles. The van der Waals surface area contributed by atoms with Crippen molar-refractivity contribution in [3.63, 3.8) is 0 Å². The number of fused-ring (bicyclic) bond motifs is 1. The lowest BCUT2D eigenvalue weighted by molar-refractivity contribution is 0.203. The molecule has 4 rings (SSSR count). The van der Waals surface area contributed by atoms with E-state index < -0.39 is 36.4 Å². The fourth-order valence-corrected chi connectivity index (χ4v) is 3.49. The van der Waals surface area contributed by atoms with Crippen LogP contribution in [0.3, 0.4) is 0 Å². The van der Waals surface area contributed by atoms with Crippen LogP contribution < -0.4 is 10.9 Å². The van der Waals surface area contributed by atoms with Gasteiger partial charge in [-0.05, 0) is 48.5 Å². The Balaban J connectivity index is 2.05. The van der Waals surface area contributed by atoms with Gasteiger partial charge in [-0.1, -0.05) is 11.6 Å². The summed E-state index contributed by atoms with van der Waals surface area (Å²) >= 11 is 6.27. The van der Waals surface area contributed by atoms with Crippen molar-refractivity contribution in [3.05, 3.63) is 81.6 Å². The zero-order chi connectivity index (χ0) is 22.8. The first-order valence-corrected chi connectivity index (χ1v) is 9.92. The Labute approximate surface area is 185 Å². The summed E-state index contributed by atoms with van der Waals surface area (Å²) in [5.74, 6) is -0.992. The number of rotatable bonds is 6. The SMILES string of the molecule is O=c1ccc2c(-c3ccc(F)cc3Cl)nc(NC(CO)CO)nc2n1-c1ccc(F)cc1. The smallest absolute Gasteiger partial charge is 0.256 e. The average Bonchev–Trinajstić information content (AvgIpc) is 2.78. The summed E-state index contributed by atoms with van der Waals surface area (Å²) < 4.78 is 28.4. The number of benzene rings is 2. The van der Waals surface area contributed by atoms with Crippen molar-refractivity contribution in [2.75, 3.05) is 18.5 Å². The second-order valence-corrected chi connectivity index (χ2v) is 7.35. The van der Waals surface area contributed by atoms with Gasteiger partial charge in [0, 0.05) is 17.0 Å². The molecule has 0 spiro atoms. The molecule has 164 valence electrons. The minimum atomic E-state index is -0.765. The third-order valence-electron chi connectivity index (χ3n) is 4.80. The topological polar surface area (TPSA) is 100 Å². The molecule has 0 atom stereocenters. The molecule has 0 aliphatic rings. The number of anilines is 1. The maximum atomic E-state index is 13.6.